The molecule has 100 valence electrons. The van der Waals surface area contributed by atoms with E-state index in [-0.39, 0.29) is 5.78 Å². The second-order valence-corrected chi connectivity index (χ2v) is 2.63. The number of rotatable bonds is 1. The molecule has 2 N–H and O–H groups in total. The number of nitrogens with two attached hydrogens (primary N) is 1. The Morgan fingerprint density at radius 1 is 1.00 bits per heavy atom. The van der Waals surface area contributed by atoms with E-state index in [1.54, 1.807) is 25.1 Å². The van der Waals surface area contributed by atoms with E-state index in [4.69, 9.17) is 5.73 Å². The Kier molecular flexibility index (Phi) is 18.2. The summed E-state index contributed by atoms with van der Waals surface area (Å²) < 4.78 is 0. The van der Waals surface area contributed by atoms with Crippen molar-refractivity contribution in [3.05, 3.63) is 29.3 Å². The fraction of sp³-hybridized carbons (Fsp3) is 0.533. The standard InChI is InChI=1S/C9H11NO.3C2H6/c1-6-5-8(7(2)11)3-4-9(6)10;3*1-2/h3-5H,10H2,1-2H3;3*1-2H3. The number of hydrogen-bond acceptors (Lipinski definition) is 2. The number of aryl methyl sites for hydroxylation is 1. The van der Waals surface area contributed by atoms with Gasteiger partial charge >= 0.3 is 0 Å². The van der Waals surface area contributed by atoms with Gasteiger partial charge in [-0.25, -0.2) is 0 Å². The average Bonchev–Trinajstić information content (AvgIpc) is 2.39. The second kappa shape index (κ2) is 14.7. The number of ketones is 1. The van der Waals surface area contributed by atoms with Crippen molar-refractivity contribution in [1.29, 1.82) is 0 Å². The zero-order valence-electron chi connectivity index (χ0n) is 12.7. The predicted octanol–water partition coefficient (Wildman–Crippen LogP) is 4.86. The Balaban J connectivity index is -0.000000285. The minimum atomic E-state index is 0.0769. The minimum absolute atomic E-state index is 0.0769. The van der Waals surface area contributed by atoms with Crippen LogP contribution in [0, 0.1) is 6.92 Å². The topological polar surface area (TPSA) is 43.1 Å². The van der Waals surface area contributed by atoms with Crippen LogP contribution in [-0.2, 0) is 0 Å². The molecule has 17 heavy (non-hydrogen) atoms. The Morgan fingerprint density at radius 2 is 1.41 bits per heavy atom. The van der Waals surface area contributed by atoms with Gasteiger partial charge in [0.15, 0.2) is 5.78 Å². The monoisotopic (exact) mass is 239 g/mol. The molecule has 0 bridgehead atoms. The lowest BCUT2D eigenvalue weighted by atomic mass is 10.1. The first kappa shape index (κ1) is 21.0. The van der Waals surface area contributed by atoms with Gasteiger partial charge in [0.1, 0.15) is 0 Å². The van der Waals surface area contributed by atoms with Crippen LogP contribution in [0.4, 0.5) is 5.69 Å². The summed E-state index contributed by atoms with van der Waals surface area (Å²) >= 11 is 0. The van der Waals surface area contributed by atoms with Crippen molar-refractivity contribution in [2.75, 3.05) is 5.73 Å². The number of carbonyl (C=O) groups excluding carboxylic acids is 1. The van der Waals surface area contributed by atoms with Crippen LogP contribution in [0.15, 0.2) is 18.2 Å². The van der Waals surface area contributed by atoms with Crippen LogP contribution < -0.4 is 5.73 Å². The van der Waals surface area contributed by atoms with E-state index in [0.717, 1.165) is 16.8 Å². The highest BCUT2D eigenvalue weighted by molar-refractivity contribution is 5.94. The summed E-state index contributed by atoms with van der Waals surface area (Å²) in [6, 6.07) is 5.30. The molecule has 0 unspecified atom stereocenters. The van der Waals surface area contributed by atoms with Gasteiger partial charge in [-0.2, -0.15) is 0 Å². The van der Waals surface area contributed by atoms with E-state index in [2.05, 4.69) is 0 Å². The first-order valence-corrected chi connectivity index (χ1v) is 6.48. The second-order valence-electron chi connectivity index (χ2n) is 2.63. The van der Waals surface area contributed by atoms with Crippen molar-refractivity contribution in [1.82, 2.24) is 0 Å². The van der Waals surface area contributed by atoms with E-state index in [1.807, 2.05) is 48.5 Å². The smallest absolute Gasteiger partial charge is 0.159 e. The number of anilines is 1. The predicted molar refractivity (Wildman–Crippen MR) is 79.6 cm³/mol. The molecule has 0 aliphatic heterocycles. The van der Waals surface area contributed by atoms with Gasteiger partial charge in [-0.3, -0.25) is 4.79 Å². The molecule has 1 aromatic carbocycles. The summed E-state index contributed by atoms with van der Waals surface area (Å²) in [5.74, 6) is 0.0769. The van der Waals surface area contributed by atoms with Crippen LogP contribution in [0.25, 0.3) is 0 Å². The Hall–Kier alpha value is -1.31. The fourth-order valence-electron chi connectivity index (χ4n) is 0.895. The minimum Gasteiger partial charge on any atom is -0.399 e. The molecule has 0 aliphatic carbocycles. The SMILES string of the molecule is CC.CC.CC.CC(=O)c1ccc(N)c(C)c1. The maximum Gasteiger partial charge on any atom is 0.159 e. The molecule has 0 aromatic heterocycles. The number of Topliss-reactive ketones (excluding diaryl/α,β-unsaturated/α-hetero) is 1. The summed E-state index contributed by atoms with van der Waals surface area (Å²) in [7, 11) is 0. The van der Waals surface area contributed by atoms with Crippen LogP contribution >= 0.6 is 0 Å². The summed E-state index contributed by atoms with van der Waals surface area (Å²) in [5.41, 5.74) is 7.98. The molecule has 1 aromatic rings. The molecule has 0 heterocycles. The van der Waals surface area contributed by atoms with Gasteiger partial charge in [0, 0.05) is 11.3 Å². The lowest BCUT2D eigenvalue weighted by Gasteiger charge is -2.00. The largest absolute Gasteiger partial charge is 0.399 e. The molecule has 2 nitrogen and oxygen atoms in total. The fourth-order valence-corrected chi connectivity index (χ4v) is 0.895. The van der Waals surface area contributed by atoms with Crippen molar-refractivity contribution in [2.45, 2.75) is 55.4 Å². The molecule has 1 rings (SSSR count). The first-order chi connectivity index (χ1) is 8.11. The Morgan fingerprint density at radius 3 is 1.71 bits per heavy atom. The van der Waals surface area contributed by atoms with Crippen molar-refractivity contribution in [2.24, 2.45) is 0 Å². The van der Waals surface area contributed by atoms with Crippen LogP contribution in [0.1, 0.15) is 64.4 Å². The summed E-state index contributed by atoms with van der Waals surface area (Å²) in [4.78, 5) is 10.9. The molecule has 0 aliphatic rings. The summed E-state index contributed by atoms with van der Waals surface area (Å²) in [6.45, 7) is 15.4. The average molecular weight is 239 g/mol. The highest BCUT2D eigenvalue weighted by Crippen LogP contribution is 2.12. The van der Waals surface area contributed by atoms with Crippen LogP contribution in [0.5, 0.6) is 0 Å². The Bertz CT molecular complexity index is 293. The molecule has 2 heteroatoms. The van der Waals surface area contributed by atoms with Crippen LogP contribution in [-0.4, -0.2) is 5.78 Å². The van der Waals surface area contributed by atoms with Crippen molar-refractivity contribution >= 4 is 11.5 Å². The van der Waals surface area contributed by atoms with Crippen LogP contribution in [0.3, 0.4) is 0 Å². The molecule has 0 fully saturated rings. The van der Waals surface area contributed by atoms with Crippen LogP contribution in [0.2, 0.25) is 0 Å². The van der Waals surface area contributed by atoms with E-state index < -0.39 is 0 Å². The third-order valence-corrected chi connectivity index (χ3v) is 1.68. The number of benzene rings is 1. The molecule has 0 amide bonds. The third kappa shape index (κ3) is 9.61. The first-order valence-electron chi connectivity index (χ1n) is 6.48. The quantitative estimate of drug-likeness (QED) is 0.562. The molecule has 0 saturated heterocycles. The van der Waals surface area contributed by atoms with Gasteiger partial charge in [0.05, 0.1) is 0 Å². The summed E-state index contributed by atoms with van der Waals surface area (Å²) in [6.07, 6.45) is 0. The van der Waals surface area contributed by atoms with Crippen molar-refractivity contribution in [3.8, 4) is 0 Å². The normalized spacial score (nSPS) is 7.29. The van der Waals surface area contributed by atoms with E-state index >= 15 is 0 Å². The lowest BCUT2D eigenvalue weighted by Crippen LogP contribution is -1.95. The van der Waals surface area contributed by atoms with Gasteiger partial charge in [-0.05, 0) is 37.6 Å². The highest BCUT2D eigenvalue weighted by atomic mass is 16.1. The van der Waals surface area contributed by atoms with E-state index in [0.29, 0.717) is 0 Å². The maximum atomic E-state index is 10.9. The van der Waals surface area contributed by atoms with Crippen molar-refractivity contribution in [3.63, 3.8) is 0 Å². The highest BCUT2D eigenvalue weighted by Gasteiger charge is 1.99. The molecule has 0 spiro atoms. The van der Waals surface area contributed by atoms with E-state index in [9.17, 15) is 4.79 Å². The molecule has 0 radical (unpaired) electrons. The zero-order valence-corrected chi connectivity index (χ0v) is 12.7. The number of hydrogen-bond donors (Lipinski definition) is 1. The van der Waals surface area contributed by atoms with Gasteiger partial charge in [0.25, 0.3) is 0 Å². The molecule has 0 atom stereocenters. The third-order valence-electron chi connectivity index (χ3n) is 1.68. The molecular weight excluding hydrogens is 210 g/mol. The molecular formula is C15H29NO. The van der Waals surface area contributed by atoms with Gasteiger partial charge in [0.2, 0.25) is 0 Å². The van der Waals surface area contributed by atoms with Gasteiger partial charge in [-0.1, -0.05) is 41.5 Å². The zero-order chi connectivity index (χ0) is 14.4. The maximum absolute atomic E-state index is 10.9. The lowest BCUT2D eigenvalue weighted by molar-refractivity contribution is 0.101. The van der Waals surface area contributed by atoms with Gasteiger partial charge in [-0.15, -0.1) is 0 Å². The molecule has 0 saturated carbocycles. The Labute approximate surface area is 107 Å². The van der Waals surface area contributed by atoms with Gasteiger partial charge < -0.3 is 5.73 Å². The number of nitrogen functional groups attached to an aromatic ring is 1. The number of carbonyl (C=O) groups is 1. The van der Waals surface area contributed by atoms with E-state index in [1.165, 1.54) is 0 Å². The van der Waals surface area contributed by atoms with Crippen molar-refractivity contribution < 1.29 is 4.79 Å². The summed E-state index contributed by atoms with van der Waals surface area (Å²) in [5, 5.41) is 0.